The third-order valence-electron chi connectivity index (χ3n) is 2.44. The molecule has 0 aliphatic carbocycles. The summed E-state index contributed by atoms with van der Waals surface area (Å²) in [4.78, 5) is 0. The molecular weight excluding hydrogens is 266 g/mol. The lowest BCUT2D eigenvalue weighted by Gasteiger charge is -2.27. The molecule has 3 nitrogen and oxygen atoms in total. The van der Waals surface area contributed by atoms with Crippen molar-refractivity contribution in [2.45, 2.75) is 37.9 Å². The fourth-order valence-electron chi connectivity index (χ4n) is 0.910. The summed E-state index contributed by atoms with van der Waals surface area (Å²) >= 11 is 6.78. The summed E-state index contributed by atoms with van der Waals surface area (Å²) in [6.45, 7) is 7.82. The molecule has 0 saturated heterocycles. The highest BCUT2D eigenvalue weighted by molar-refractivity contribution is 7.91. The Morgan fingerprint density at radius 2 is 1.94 bits per heavy atom. The Morgan fingerprint density at radius 3 is 2.31 bits per heavy atom. The standard InChI is InChI=1S/C10H16ClNO2S2/c1-7(10(2,3)4)12-16(13,14)9-6-5-8(11)15-9/h5-7,12H,1-4H3/t7-/m1/s1. The van der Waals surface area contributed by atoms with Gasteiger partial charge in [0, 0.05) is 6.04 Å². The highest BCUT2D eigenvalue weighted by Gasteiger charge is 2.26. The first kappa shape index (κ1) is 14.0. The lowest BCUT2D eigenvalue weighted by molar-refractivity contribution is 0.318. The number of hydrogen-bond donors (Lipinski definition) is 1. The van der Waals surface area contributed by atoms with Crippen LogP contribution in [-0.2, 0) is 10.0 Å². The van der Waals surface area contributed by atoms with Gasteiger partial charge in [-0.15, -0.1) is 11.3 Å². The number of halogens is 1. The second kappa shape index (κ2) is 4.64. The summed E-state index contributed by atoms with van der Waals surface area (Å²) in [5, 5.41) is 0. The Balaban J connectivity index is 2.89. The minimum atomic E-state index is -3.44. The fraction of sp³-hybridized carbons (Fsp3) is 0.600. The molecule has 0 aliphatic heterocycles. The van der Waals surface area contributed by atoms with Gasteiger partial charge in [-0.05, 0) is 24.5 Å². The van der Waals surface area contributed by atoms with Crippen LogP contribution in [0.5, 0.6) is 0 Å². The molecule has 6 heteroatoms. The molecule has 1 aromatic heterocycles. The van der Waals surface area contributed by atoms with E-state index >= 15 is 0 Å². The smallest absolute Gasteiger partial charge is 0.207 e. The minimum absolute atomic E-state index is 0.117. The summed E-state index contributed by atoms with van der Waals surface area (Å²) in [5.41, 5.74) is -0.117. The van der Waals surface area contributed by atoms with Gasteiger partial charge in [0.1, 0.15) is 4.21 Å². The van der Waals surface area contributed by atoms with Crippen LogP contribution in [0.4, 0.5) is 0 Å². The maximum atomic E-state index is 11.9. The van der Waals surface area contributed by atoms with Gasteiger partial charge in [-0.3, -0.25) is 0 Å². The zero-order valence-electron chi connectivity index (χ0n) is 9.74. The number of nitrogens with one attached hydrogen (secondary N) is 1. The lowest BCUT2D eigenvalue weighted by Crippen LogP contribution is -2.41. The van der Waals surface area contributed by atoms with Gasteiger partial charge in [0.05, 0.1) is 4.34 Å². The molecule has 0 radical (unpaired) electrons. The third-order valence-corrected chi connectivity index (χ3v) is 5.71. The number of hydrogen-bond acceptors (Lipinski definition) is 3. The van der Waals surface area contributed by atoms with Crippen LogP contribution in [-0.4, -0.2) is 14.5 Å². The van der Waals surface area contributed by atoms with E-state index in [-0.39, 0.29) is 15.7 Å². The van der Waals surface area contributed by atoms with Crippen LogP contribution in [0.15, 0.2) is 16.3 Å². The van der Waals surface area contributed by atoms with Crippen molar-refractivity contribution >= 4 is 33.0 Å². The fourth-order valence-corrected chi connectivity index (χ4v) is 3.86. The van der Waals surface area contributed by atoms with Crippen molar-refractivity contribution in [1.29, 1.82) is 0 Å². The SMILES string of the molecule is C[C@@H](NS(=O)(=O)c1ccc(Cl)s1)C(C)(C)C. The van der Waals surface area contributed by atoms with E-state index in [9.17, 15) is 8.42 Å². The highest BCUT2D eigenvalue weighted by Crippen LogP contribution is 2.27. The van der Waals surface area contributed by atoms with Crippen LogP contribution in [0, 0.1) is 5.41 Å². The largest absolute Gasteiger partial charge is 0.250 e. The average molecular weight is 282 g/mol. The number of rotatable bonds is 3. The first-order chi connectivity index (χ1) is 7.13. The predicted molar refractivity (Wildman–Crippen MR) is 68.6 cm³/mol. The minimum Gasteiger partial charge on any atom is -0.207 e. The zero-order chi connectivity index (χ0) is 12.6. The van der Waals surface area contributed by atoms with Crippen LogP contribution >= 0.6 is 22.9 Å². The summed E-state index contributed by atoms with van der Waals surface area (Å²) in [6, 6.07) is 2.96. The molecule has 0 aliphatic rings. The summed E-state index contributed by atoms with van der Waals surface area (Å²) in [6.07, 6.45) is 0. The van der Waals surface area contributed by atoms with Gasteiger partial charge in [-0.1, -0.05) is 32.4 Å². The summed E-state index contributed by atoms with van der Waals surface area (Å²) in [7, 11) is -3.44. The van der Waals surface area contributed by atoms with E-state index in [1.54, 1.807) is 6.07 Å². The van der Waals surface area contributed by atoms with E-state index in [1.807, 2.05) is 27.7 Å². The molecule has 1 aromatic rings. The van der Waals surface area contributed by atoms with Gasteiger partial charge in [0.25, 0.3) is 0 Å². The van der Waals surface area contributed by atoms with Gasteiger partial charge in [-0.25, -0.2) is 13.1 Å². The van der Waals surface area contributed by atoms with Gasteiger partial charge in [0.15, 0.2) is 0 Å². The Morgan fingerprint density at radius 1 is 1.38 bits per heavy atom. The van der Waals surface area contributed by atoms with Crippen LogP contribution in [0.25, 0.3) is 0 Å². The monoisotopic (exact) mass is 281 g/mol. The molecule has 0 saturated carbocycles. The molecule has 1 heterocycles. The number of sulfonamides is 1. The quantitative estimate of drug-likeness (QED) is 0.925. The predicted octanol–water partition coefficient (Wildman–Crippen LogP) is 3.11. The van der Waals surface area contributed by atoms with Crippen molar-refractivity contribution in [1.82, 2.24) is 4.72 Å². The van der Waals surface area contributed by atoms with Gasteiger partial charge in [-0.2, -0.15) is 0 Å². The van der Waals surface area contributed by atoms with Gasteiger partial charge in [0.2, 0.25) is 10.0 Å². The van der Waals surface area contributed by atoms with Crippen molar-refractivity contribution < 1.29 is 8.42 Å². The van der Waals surface area contributed by atoms with Crippen molar-refractivity contribution in [3.8, 4) is 0 Å². The second-order valence-electron chi connectivity index (χ2n) is 4.77. The Kier molecular flexibility index (Phi) is 4.05. The molecular formula is C10H16ClNO2S2. The molecule has 1 atom stereocenters. The second-order valence-corrected chi connectivity index (χ2v) is 8.42. The van der Waals surface area contributed by atoms with Crippen LogP contribution < -0.4 is 4.72 Å². The van der Waals surface area contributed by atoms with E-state index in [4.69, 9.17) is 11.6 Å². The molecule has 0 bridgehead atoms. The van der Waals surface area contributed by atoms with Crippen LogP contribution in [0.1, 0.15) is 27.7 Å². The van der Waals surface area contributed by atoms with Gasteiger partial charge < -0.3 is 0 Å². The maximum Gasteiger partial charge on any atom is 0.250 e. The summed E-state index contributed by atoms with van der Waals surface area (Å²) in [5.74, 6) is 0. The topological polar surface area (TPSA) is 46.2 Å². The van der Waals surface area contributed by atoms with E-state index in [2.05, 4.69) is 4.72 Å². The molecule has 0 spiro atoms. The summed E-state index contributed by atoms with van der Waals surface area (Å²) < 4.78 is 27.3. The Hall–Kier alpha value is -0.100. The Bertz CT molecular complexity index is 459. The van der Waals surface area contributed by atoms with Crippen LogP contribution in [0.3, 0.4) is 0 Å². The molecule has 0 unspecified atom stereocenters. The normalized spacial score (nSPS) is 15.1. The maximum absolute atomic E-state index is 11.9. The molecule has 16 heavy (non-hydrogen) atoms. The van der Waals surface area contributed by atoms with Gasteiger partial charge >= 0.3 is 0 Å². The molecule has 92 valence electrons. The van der Waals surface area contributed by atoms with Crippen molar-refractivity contribution in [3.05, 3.63) is 16.5 Å². The molecule has 0 aromatic carbocycles. The van der Waals surface area contributed by atoms with E-state index in [0.717, 1.165) is 11.3 Å². The van der Waals surface area contributed by atoms with E-state index in [0.29, 0.717) is 4.34 Å². The molecule has 1 rings (SSSR count). The van der Waals surface area contributed by atoms with E-state index in [1.165, 1.54) is 6.07 Å². The number of thiophene rings is 1. The third kappa shape index (κ3) is 3.45. The van der Waals surface area contributed by atoms with Crippen molar-refractivity contribution in [2.24, 2.45) is 5.41 Å². The molecule has 0 fully saturated rings. The highest BCUT2D eigenvalue weighted by atomic mass is 35.5. The molecule has 1 N–H and O–H groups in total. The Labute approximate surface area is 106 Å². The van der Waals surface area contributed by atoms with Crippen molar-refractivity contribution in [2.75, 3.05) is 0 Å². The zero-order valence-corrected chi connectivity index (χ0v) is 12.1. The molecule has 0 amide bonds. The first-order valence-electron chi connectivity index (χ1n) is 4.90. The lowest BCUT2D eigenvalue weighted by atomic mass is 9.89. The van der Waals surface area contributed by atoms with E-state index < -0.39 is 10.0 Å². The van der Waals surface area contributed by atoms with Crippen molar-refractivity contribution in [3.63, 3.8) is 0 Å². The first-order valence-corrected chi connectivity index (χ1v) is 7.58. The van der Waals surface area contributed by atoms with Crippen LogP contribution in [0.2, 0.25) is 4.34 Å². The average Bonchev–Trinajstić information content (AvgIpc) is 2.49.